The summed E-state index contributed by atoms with van der Waals surface area (Å²) in [6, 6.07) is 31.1. The van der Waals surface area contributed by atoms with Crippen molar-refractivity contribution >= 4 is 45.2 Å². The van der Waals surface area contributed by atoms with Gasteiger partial charge in [0.15, 0.2) is 5.75 Å². The second kappa shape index (κ2) is 11.3. The van der Waals surface area contributed by atoms with Gasteiger partial charge in [-0.2, -0.15) is 0 Å². The normalized spacial score (nSPS) is 11.4. The van der Waals surface area contributed by atoms with Gasteiger partial charge in [-0.15, -0.1) is 11.8 Å². The van der Waals surface area contributed by atoms with Crippen LogP contribution in [0.25, 0.3) is 27.3 Å². The largest absolute Gasteiger partial charge is 0.514 e. The van der Waals surface area contributed by atoms with E-state index in [2.05, 4.69) is 12.1 Å². The van der Waals surface area contributed by atoms with Gasteiger partial charge in [-0.05, 0) is 60.2 Å². The molecule has 192 valence electrons. The molecule has 6 aromatic rings. The summed E-state index contributed by atoms with van der Waals surface area (Å²) in [4.78, 5) is 18.6. The molecule has 0 aliphatic rings. The summed E-state index contributed by atoms with van der Waals surface area (Å²) in [5.74, 6) is 1.88. The minimum atomic E-state index is -0.787. The zero-order valence-corrected chi connectivity index (χ0v) is 21.7. The van der Waals surface area contributed by atoms with Gasteiger partial charge in [-0.25, -0.2) is 9.78 Å². The molecule has 0 bridgehead atoms. The Kier molecular flexibility index (Phi) is 7.14. The molecule has 0 saturated heterocycles. The van der Waals surface area contributed by atoms with Gasteiger partial charge in [0, 0.05) is 33.8 Å². The highest BCUT2D eigenvalue weighted by atomic mass is 32.2. The van der Waals surface area contributed by atoms with Gasteiger partial charge >= 0.3 is 6.16 Å². The van der Waals surface area contributed by atoms with Gasteiger partial charge in [-0.1, -0.05) is 48.5 Å². The van der Waals surface area contributed by atoms with Crippen molar-refractivity contribution in [2.75, 3.05) is 5.75 Å². The lowest BCUT2D eigenvalue weighted by molar-refractivity contribution is 0.0932. The van der Waals surface area contributed by atoms with E-state index in [1.54, 1.807) is 24.1 Å². The number of fused-ring (bicyclic) bond motifs is 4. The fourth-order valence-corrected chi connectivity index (χ4v) is 4.96. The Labute approximate surface area is 229 Å². The molecule has 6 rings (SSSR count). The number of carbonyl (C=O) groups excluding carboxylic acids is 1. The summed E-state index contributed by atoms with van der Waals surface area (Å²) in [5.41, 5.74) is 3.26. The standard InChI is InChI=1S/C32H24N2O4S/c35-32(37-22-23-13-15-26(16-14-23)36-18-7-19-39-27-9-2-1-3-10-27)38-29-12-6-8-24-20-25-21-34-17-5-4-11-28(34)30(25)33-31(24)29/h1-18,20-21H,19,22H2. The van der Waals surface area contributed by atoms with Gasteiger partial charge in [-0.3, -0.25) is 0 Å². The van der Waals surface area contributed by atoms with Gasteiger partial charge in [0.2, 0.25) is 0 Å². The summed E-state index contributed by atoms with van der Waals surface area (Å²) in [5, 5.41) is 1.90. The molecule has 0 atom stereocenters. The van der Waals surface area contributed by atoms with Gasteiger partial charge in [0.25, 0.3) is 0 Å². The molecule has 3 aromatic carbocycles. The molecule has 0 radical (unpaired) electrons. The molecule has 0 spiro atoms. The lowest BCUT2D eigenvalue weighted by atomic mass is 10.1. The van der Waals surface area contributed by atoms with Crippen LogP contribution in [0.1, 0.15) is 5.56 Å². The van der Waals surface area contributed by atoms with Crippen molar-refractivity contribution in [1.82, 2.24) is 9.38 Å². The third kappa shape index (κ3) is 5.73. The summed E-state index contributed by atoms with van der Waals surface area (Å²) in [6.45, 7) is 0.0786. The van der Waals surface area contributed by atoms with E-state index >= 15 is 0 Å². The van der Waals surface area contributed by atoms with Crippen molar-refractivity contribution in [3.63, 3.8) is 0 Å². The highest BCUT2D eigenvalue weighted by Crippen LogP contribution is 2.30. The maximum Gasteiger partial charge on any atom is 0.514 e. The lowest BCUT2D eigenvalue weighted by Crippen LogP contribution is -2.11. The molecule has 0 aliphatic heterocycles. The smallest absolute Gasteiger partial charge is 0.465 e. The summed E-state index contributed by atoms with van der Waals surface area (Å²) in [6.07, 6.45) is 6.89. The van der Waals surface area contributed by atoms with E-state index < -0.39 is 6.16 Å². The predicted molar refractivity (Wildman–Crippen MR) is 154 cm³/mol. The molecule has 3 heterocycles. The fourth-order valence-electron chi connectivity index (χ4n) is 4.25. The molecule has 0 fully saturated rings. The second-order valence-electron chi connectivity index (χ2n) is 8.77. The highest BCUT2D eigenvalue weighted by molar-refractivity contribution is 7.99. The first-order valence-electron chi connectivity index (χ1n) is 12.5. The van der Waals surface area contributed by atoms with Crippen molar-refractivity contribution in [2.45, 2.75) is 11.5 Å². The number of hydrogen-bond acceptors (Lipinski definition) is 6. The summed E-state index contributed by atoms with van der Waals surface area (Å²) in [7, 11) is 0. The minimum absolute atomic E-state index is 0.0786. The topological polar surface area (TPSA) is 62.1 Å². The van der Waals surface area contributed by atoms with Crippen molar-refractivity contribution in [3.8, 4) is 11.5 Å². The van der Waals surface area contributed by atoms with E-state index in [1.165, 1.54) is 4.90 Å². The first kappa shape index (κ1) is 24.6. The molecular formula is C32H24N2O4S. The van der Waals surface area contributed by atoms with Crippen molar-refractivity contribution < 1.29 is 19.0 Å². The minimum Gasteiger partial charge on any atom is -0.465 e. The van der Waals surface area contributed by atoms with Crippen molar-refractivity contribution in [1.29, 1.82) is 0 Å². The maximum absolute atomic E-state index is 12.5. The summed E-state index contributed by atoms with van der Waals surface area (Å²) >= 11 is 1.74. The zero-order valence-electron chi connectivity index (χ0n) is 20.9. The average molecular weight is 533 g/mol. The molecule has 6 nitrogen and oxygen atoms in total. The molecule has 7 heteroatoms. The van der Waals surface area contributed by atoms with Gasteiger partial charge < -0.3 is 18.6 Å². The quantitative estimate of drug-likeness (QED) is 0.0856. The van der Waals surface area contributed by atoms with E-state index in [4.69, 9.17) is 19.2 Å². The zero-order chi connectivity index (χ0) is 26.4. The molecule has 0 aliphatic carbocycles. The van der Waals surface area contributed by atoms with E-state index in [-0.39, 0.29) is 6.61 Å². The van der Waals surface area contributed by atoms with Crippen LogP contribution in [0, 0.1) is 0 Å². The Hall–Kier alpha value is -4.75. The Morgan fingerprint density at radius 3 is 2.59 bits per heavy atom. The average Bonchev–Trinajstić information content (AvgIpc) is 3.34. The number of aromatic nitrogens is 2. The van der Waals surface area contributed by atoms with Crippen LogP contribution >= 0.6 is 11.8 Å². The molecular weight excluding hydrogens is 508 g/mol. The Balaban J connectivity index is 1.05. The van der Waals surface area contributed by atoms with Crippen LogP contribution in [0.2, 0.25) is 0 Å². The number of benzene rings is 3. The Morgan fingerprint density at radius 2 is 1.72 bits per heavy atom. The maximum atomic E-state index is 12.5. The molecule has 0 N–H and O–H groups in total. The van der Waals surface area contributed by atoms with Gasteiger partial charge in [0.1, 0.15) is 17.9 Å². The first-order valence-corrected chi connectivity index (χ1v) is 13.4. The second-order valence-corrected chi connectivity index (χ2v) is 9.87. The van der Waals surface area contributed by atoms with Crippen LogP contribution in [0.4, 0.5) is 4.79 Å². The SMILES string of the molecule is O=C(OCc1ccc(OC=CCSc2ccccc2)cc1)Oc1cccc2cc3cn4ccccc4c3nc12. The number of ether oxygens (including phenoxy) is 3. The Morgan fingerprint density at radius 1 is 0.872 bits per heavy atom. The van der Waals surface area contributed by atoms with Crippen LogP contribution in [0.15, 0.2) is 127 Å². The molecule has 0 amide bonds. The molecule has 0 saturated carbocycles. The third-order valence-corrected chi connectivity index (χ3v) is 7.08. The lowest BCUT2D eigenvalue weighted by Gasteiger charge is -2.09. The molecule has 0 unspecified atom stereocenters. The van der Waals surface area contributed by atoms with E-state index in [1.807, 2.05) is 102 Å². The van der Waals surface area contributed by atoms with E-state index in [9.17, 15) is 4.79 Å². The number of pyridine rings is 2. The van der Waals surface area contributed by atoms with E-state index in [0.29, 0.717) is 17.0 Å². The van der Waals surface area contributed by atoms with Crippen LogP contribution < -0.4 is 9.47 Å². The van der Waals surface area contributed by atoms with Gasteiger partial charge in [0.05, 0.1) is 17.3 Å². The number of thioether (sulfide) groups is 1. The van der Waals surface area contributed by atoms with Crippen LogP contribution in [-0.2, 0) is 11.3 Å². The van der Waals surface area contributed by atoms with Crippen LogP contribution in [0.5, 0.6) is 11.5 Å². The first-order chi connectivity index (χ1) is 19.2. The van der Waals surface area contributed by atoms with Crippen LogP contribution in [0.3, 0.4) is 0 Å². The monoisotopic (exact) mass is 532 g/mol. The highest BCUT2D eigenvalue weighted by Gasteiger charge is 2.13. The Bertz CT molecular complexity index is 1780. The number of hydrogen-bond donors (Lipinski definition) is 0. The number of para-hydroxylation sites is 1. The van der Waals surface area contributed by atoms with Crippen LogP contribution in [-0.4, -0.2) is 21.3 Å². The summed E-state index contributed by atoms with van der Waals surface area (Å²) < 4.78 is 18.6. The number of carbonyl (C=O) groups is 1. The van der Waals surface area contributed by atoms with E-state index in [0.717, 1.165) is 33.1 Å². The fraction of sp³-hybridized carbons (Fsp3) is 0.0625. The molecule has 3 aromatic heterocycles. The predicted octanol–water partition coefficient (Wildman–Crippen LogP) is 8.04. The third-order valence-electron chi connectivity index (χ3n) is 6.11. The number of rotatable bonds is 8. The van der Waals surface area contributed by atoms with Crippen molar-refractivity contribution in [3.05, 3.63) is 127 Å². The molecule has 39 heavy (non-hydrogen) atoms. The van der Waals surface area contributed by atoms with Crippen molar-refractivity contribution in [2.24, 2.45) is 0 Å². The number of nitrogens with zero attached hydrogens (tertiary/aromatic N) is 2.